The lowest BCUT2D eigenvalue weighted by molar-refractivity contribution is 0.141. The third-order valence-corrected chi connectivity index (χ3v) is 2.32. The summed E-state index contributed by atoms with van der Waals surface area (Å²) in [5.74, 6) is 0. The molecule has 0 aliphatic heterocycles. The second-order valence-corrected chi connectivity index (χ2v) is 3.71. The fraction of sp³-hybridized carbons (Fsp3) is 0.455. The summed E-state index contributed by atoms with van der Waals surface area (Å²) in [5, 5.41) is 9.49. The summed E-state index contributed by atoms with van der Waals surface area (Å²) in [6.07, 6.45) is 1.11. The van der Waals surface area contributed by atoms with E-state index < -0.39 is 6.10 Å². The molecule has 0 spiro atoms. The summed E-state index contributed by atoms with van der Waals surface area (Å²) >= 11 is 0. The molecule has 0 fully saturated rings. The van der Waals surface area contributed by atoms with Gasteiger partial charge in [0.15, 0.2) is 0 Å². The molecule has 0 radical (unpaired) electrons. The normalized spacial score (nSPS) is 15.1. The van der Waals surface area contributed by atoms with Crippen LogP contribution in [0.4, 0.5) is 5.69 Å². The number of nitrogens with two attached hydrogens (primary N) is 2. The molecule has 1 aromatic carbocycles. The third-order valence-electron chi connectivity index (χ3n) is 2.32. The minimum absolute atomic E-state index is 0.163. The number of aliphatic hydroxyl groups is 1. The Balaban J connectivity index is 2.42. The average Bonchev–Trinajstić information content (AvgIpc) is 2.16. The van der Waals surface area contributed by atoms with Crippen molar-refractivity contribution in [3.8, 4) is 0 Å². The van der Waals surface area contributed by atoms with Gasteiger partial charge in [-0.05, 0) is 37.5 Å². The van der Waals surface area contributed by atoms with E-state index in [1.165, 1.54) is 5.56 Å². The van der Waals surface area contributed by atoms with Gasteiger partial charge in [0, 0.05) is 11.7 Å². The third kappa shape index (κ3) is 3.36. The van der Waals surface area contributed by atoms with Gasteiger partial charge >= 0.3 is 0 Å². The second kappa shape index (κ2) is 4.98. The molecule has 14 heavy (non-hydrogen) atoms. The highest BCUT2D eigenvalue weighted by Crippen LogP contribution is 2.09. The largest absolute Gasteiger partial charge is 0.399 e. The second-order valence-electron chi connectivity index (χ2n) is 3.71. The van der Waals surface area contributed by atoms with Gasteiger partial charge < -0.3 is 16.6 Å². The molecule has 5 N–H and O–H groups in total. The Bertz CT molecular complexity index is 269. The van der Waals surface area contributed by atoms with E-state index >= 15 is 0 Å². The highest BCUT2D eigenvalue weighted by atomic mass is 16.3. The Morgan fingerprint density at radius 3 is 2.36 bits per heavy atom. The van der Waals surface area contributed by atoms with Crippen molar-refractivity contribution in [2.45, 2.75) is 31.9 Å². The summed E-state index contributed by atoms with van der Waals surface area (Å²) in [6, 6.07) is 7.52. The highest BCUT2D eigenvalue weighted by Gasteiger charge is 2.08. The summed E-state index contributed by atoms with van der Waals surface area (Å²) in [7, 11) is 0. The number of hydrogen-bond donors (Lipinski definition) is 3. The van der Waals surface area contributed by atoms with E-state index in [2.05, 4.69) is 0 Å². The number of rotatable bonds is 4. The molecule has 0 aliphatic carbocycles. The van der Waals surface area contributed by atoms with Crippen LogP contribution in [0.15, 0.2) is 24.3 Å². The van der Waals surface area contributed by atoms with Gasteiger partial charge in [0.2, 0.25) is 0 Å². The highest BCUT2D eigenvalue weighted by molar-refractivity contribution is 5.39. The molecule has 0 saturated heterocycles. The van der Waals surface area contributed by atoms with E-state index in [0.717, 1.165) is 12.1 Å². The van der Waals surface area contributed by atoms with E-state index in [0.29, 0.717) is 6.42 Å². The van der Waals surface area contributed by atoms with Gasteiger partial charge in [0.1, 0.15) is 0 Å². The van der Waals surface area contributed by atoms with E-state index in [1.807, 2.05) is 31.2 Å². The van der Waals surface area contributed by atoms with Crippen LogP contribution in [0.2, 0.25) is 0 Å². The molecule has 1 rings (SSSR count). The van der Waals surface area contributed by atoms with Crippen LogP contribution in [-0.2, 0) is 6.42 Å². The van der Waals surface area contributed by atoms with Gasteiger partial charge in [0.05, 0.1) is 6.10 Å². The van der Waals surface area contributed by atoms with Crippen molar-refractivity contribution in [2.75, 3.05) is 5.73 Å². The van der Waals surface area contributed by atoms with Crippen LogP contribution >= 0.6 is 0 Å². The average molecular weight is 194 g/mol. The zero-order valence-electron chi connectivity index (χ0n) is 8.48. The molecule has 3 nitrogen and oxygen atoms in total. The van der Waals surface area contributed by atoms with Crippen molar-refractivity contribution < 1.29 is 5.11 Å². The van der Waals surface area contributed by atoms with Gasteiger partial charge in [-0.3, -0.25) is 0 Å². The van der Waals surface area contributed by atoms with Crippen molar-refractivity contribution in [3.63, 3.8) is 0 Å². The predicted octanol–water partition coefficient (Wildman–Crippen LogP) is 0.909. The van der Waals surface area contributed by atoms with E-state index in [4.69, 9.17) is 11.5 Å². The van der Waals surface area contributed by atoms with Crippen LogP contribution < -0.4 is 11.5 Å². The number of aliphatic hydroxyl groups excluding tert-OH is 1. The summed E-state index contributed by atoms with van der Waals surface area (Å²) in [6.45, 7) is 1.81. The van der Waals surface area contributed by atoms with Gasteiger partial charge in [0.25, 0.3) is 0 Å². The van der Waals surface area contributed by atoms with E-state index in [9.17, 15) is 5.11 Å². The first-order valence-electron chi connectivity index (χ1n) is 4.87. The first-order chi connectivity index (χ1) is 6.59. The Morgan fingerprint density at radius 1 is 1.29 bits per heavy atom. The molecule has 3 heteroatoms. The maximum Gasteiger partial charge on any atom is 0.0691 e. The minimum Gasteiger partial charge on any atom is -0.399 e. The van der Waals surface area contributed by atoms with Crippen molar-refractivity contribution in [1.29, 1.82) is 0 Å². The molecule has 2 unspecified atom stereocenters. The smallest absolute Gasteiger partial charge is 0.0691 e. The Morgan fingerprint density at radius 2 is 1.86 bits per heavy atom. The van der Waals surface area contributed by atoms with Crippen molar-refractivity contribution in [1.82, 2.24) is 0 Å². The van der Waals surface area contributed by atoms with Crippen LogP contribution in [0.5, 0.6) is 0 Å². The summed E-state index contributed by atoms with van der Waals surface area (Å²) < 4.78 is 0. The number of hydrogen-bond acceptors (Lipinski definition) is 3. The fourth-order valence-electron chi connectivity index (χ4n) is 1.26. The zero-order valence-corrected chi connectivity index (χ0v) is 8.48. The van der Waals surface area contributed by atoms with Crippen molar-refractivity contribution in [3.05, 3.63) is 29.8 Å². The molecule has 0 aliphatic rings. The fourth-order valence-corrected chi connectivity index (χ4v) is 1.26. The van der Waals surface area contributed by atoms with Gasteiger partial charge in [-0.25, -0.2) is 0 Å². The predicted molar refractivity (Wildman–Crippen MR) is 58.8 cm³/mol. The Kier molecular flexibility index (Phi) is 3.92. The standard InChI is InChI=1S/C11H18N2O/c1-8(12)11(14)7-4-9-2-5-10(13)6-3-9/h2-3,5-6,8,11,14H,4,7,12-13H2,1H3. The molecule has 78 valence electrons. The molecule has 0 aromatic heterocycles. The van der Waals surface area contributed by atoms with Crippen molar-refractivity contribution in [2.24, 2.45) is 5.73 Å². The molecule has 2 atom stereocenters. The SMILES string of the molecule is CC(N)C(O)CCc1ccc(N)cc1. The zero-order chi connectivity index (χ0) is 10.6. The lowest BCUT2D eigenvalue weighted by atomic mass is 10.0. The lowest BCUT2D eigenvalue weighted by Gasteiger charge is -2.13. The maximum absolute atomic E-state index is 9.49. The van der Waals surface area contributed by atoms with E-state index in [-0.39, 0.29) is 6.04 Å². The van der Waals surface area contributed by atoms with Crippen LogP contribution in [0.25, 0.3) is 0 Å². The number of aryl methyl sites for hydroxylation is 1. The van der Waals surface area contributed by atoms with Crippen LogP contribution in [-0.4, -0.2) is 17.3 Å². The molecule has 0 saturated carbocycles. The monoisotopic (exact) mass is 194 g/mol. The lowest BCUT2D eigenvalue weighted by Crippen LogP contribution is -2.31. The molecule has 0 bridgehead atoms. The number of anilines is 1. The molecular weight excluding hydrogens is 176 g/mol. The van der Waals surface area contributed by atoms with Crippen LogP contribution in [0.3, 0.4) is 0 Å². The minimum atomic E-state index is -0.424. The molecule has 0 amide bonds. The summed E-state index contributed by atoms with van der Waals surface area (Å²) in [4.78, 5) is 0. The number of benzene rings is 1. The molecule has 1 aromatic rings. The van der Waals surface area contributed by atoms with Crippen LogP contribution in [0.1, 0.15) is 18.9 Å². The van der Waals surface area contributed by atoms with Gasteiger partial charge in [-0.2, -0.15) is 0 Å². The first kappa shape index (κ1) is 11.0. The quantitative estimate of drug-likeness (QED) is 0.624. The maximum atomic E-state index is 9.49. The van der Waals surface area contributed by atoms with Crippen LogP contribution in [0, 0.1) is 0 Å². The Hall–Kier alpha value is -1.06. The molecule has 0 heterocycles. The topological polar surface area (TPSA) is 72.3 Å². The number of nitrogen functional groups attached to an aromatic ring is 1. The van der Waals surface area contributed by atoms with E-state index in [1.54, 1.807) is 0 Å². The Labute approximate surface area is 84.7 Å². The first-order valence-corrected chi connectivity index (χ1v) is 4.87. The van der Waals surface area contributed by atoms with Crippen molar-refractivity contribution >= 4 is 5.69 Å². The van der Waals surface area contributed by atoms with Gasteiger partial charge in [-0.1, -0.05) is 12.1 Å². The van der Waals surface area contributed by atoms with Gasteiger partial charge in [-0.15, -0.1) is 0 Å². The molecular formula is C11H18N2O. The summed E-state index contributed by atoms with van der Waals surface area (Å²) in [5.41, 5.74) is 13.1.